The van der Waals surface area contributed by atoms with Gasteiger partial charge in [-0.05, 0) is 83.4 Å². The lowest BCUT2D eigenvalue weighted by molar-refractivity contribution is 0.0240. The van der Waals surface area contributed by atoms with Crippen molar-refractivity contribution in [1.29, 1.82) is 5.26 Å². The van der Waals surface area contributed by atoms with E-state index in [4.69, 9.17) is 9.72 Å². The summed E-state index contributed by atoms with van der Waals surface area (Å²) in [6, 6.07) is 8.62. The number of carbonyl (C=O) groups excluding carboxylic acids is 1. The monoisotopic (exact) mass is 501 g/mol. The summed E-state index contributed by atoms with van der Waals surface area (Å²) >= 11 is 0. The first kappa shape index (κ1) is 25.0. The van der Waals surface area contributed by atoms with Crippen molar-refractivity contribution in [3.8, 4) is 17.2 Å². The number of hydrogen-bond acceptors (Lipinski definition) is 7. The Bertz CT molecular complexity index is 1300. The molecule has 2 aliphatic rings. The van der Waals surface area contributed by atoms with Crippen LogP contribution in [0.5, 0.6) is 0 Å². The van der Waals surface area contributed by atoms with Crippen LogP contribution in [-0.4, -0.2) is 82.4 Å². The molecular formula is C28H35N7O2. The number of piperidine rings is 1. The van der Waals surface area contributed by atoms with Crippen LogP contribution in [0.1, 0.15) is 50.7 Å². The third-order valence-electron chi connectivity index (χ3n) is 7.26. The summed E-state index contributed by atoms with van der Waals surface area (Å²) in [6.45, 7) is 10.4. The number of anilines is 1. The standard InChI is InChI=1S/C28H35N7O2/c1-28(2,3)37-27(36)34-13-11-33(12-14-34)25-6-5-21(17-30-25)24-15-22(20-7-9-32(4)10-8-20)19-35-26(24)23(16-29)18-31-35/h5-6,15,17-20H,7-14H2,1-4H3. The molecule has 9 nitrogen and oxygen atoms in total. The van der Waals surface area contributed by atoms with Gasteiger partial charge >= 0.3 is 6.09 Å². The van der Waals surface area contributed by atoms with Crippen molar-refractivity contribution in [3.05, 3.63) is 47.9 Å². The van der Waals surface area contributed by atoms with E-state index in [1.54, 1.807) is 11.1 Å². The van der Waals surface area contributed by atoms with E-state index in [-0.39, 0.29) is 6.09 Å². The fourth-order valence-electron chi connectivity index (χ4n) is 5.19. The van der Waals surface area contributed by atoms with Gasteiger partial charge in [0.2, 0.25) is 0 Å². The van der Waals surface area contributed by atoms with Gasteiger partial charge in [-0.1, -0.05) is 0 Å². The Morgan fingerprint density at radius 2 is 1.81 bits per heavy atom. The van der Waals surface area contributed by atoms with Crippen LogP contribution in [0, 0.1) is 11.3 Å². The molecule has 2 aliphatic heterocycles. The highest BCUT2D eigenvalue weighted by atomic mass is 16.6. The summed E-state index contributed by atoms with van der Waals surface area (Å²) in [5.41, 5.74) is 4.09. The molecule has 0 unspecified atom stereocenters. The highest BCUT2D eigenvalue weighted by Gasteiger charge is 2.27. The van der Waals surface area contributed by atoms with Gasteiger partial charge in [0, 0.05) is 49.7 Å². The number of nitrogens with zero attached hydrogens (tertiary/aromatic N) is 7. The third kappa shape index (κ3) is 5.39. The minimum atomic E-state index is -0.497. The lowest BCUT2D eigenvalue weighted by Gasteiger charge is -2.36. The number of pyridine rings is 2. The van der Waals surface area contributed by atoms with E-state index in [1.165, 1.54) is 5.56 Å². The van der Waals surface area contributed by atoms with E-state index < -0.39 is 5.60 Å². The van der Waals surface area contributed by atoms with Crippen LogP contribution in [0.3, 0.4) is 0 Å². The molecule has 0 aliphatic carbocycles. The second-order valence-electron chi connectivity index (χ2n) is 11.1. The third-order valence-corrected chi connectivity index (χ3v) is 7.26. The number of carbonyl (C=O) groups is 1. The van der Waals surface area contributed by atoms with Crippen molar-refractivity contribution in [2.24, 2.45) is 0 Å². The van der Waals surface area contributed by atoms with Crippen molar-refractivity contribution >= 4 is 17.4 Å². The number of piperazine rings is 1. The summed E-state index contributed by atoms with van der Waals surface area (Å²) in [5.74, 6) is 1.35. The fourth-order valence-corrected chi connectivity index (χ4v) is 5.19. The second kappa shape index (κ2) is 10.0. The minimum Gasteiger partial charge on any atom is -0.444 e. The fraction of sp³-hybridized carbons (Fsp3) is 0.500. The highest BCUT2D eigenvalue weighted by Crippen LogP contribution is 2.34. The summed E-state index contributed by atoms with van der Waals surface area (Å²) in [5, 5.41) is 14.2. The van der Waals surface area contributed by atoms with E-state index in [0.717, 1.165) is 48.4 Å². The molecule has 0 aromatic carbocycles. The average molecular weight is 502 g/mol. The summed E-state index contributed by atoms with van der Waals surface area (Å²) in [4.78, 5) is 23.5. The molecule has 0 bridgehead atoms. The van der Waals surface area contributed by atoms with E-state index in [1.807, 2.05) is 37.5 Å². The Labute approximate surface area is 218 Å². The van der Waals surface area contributed by atoms with Crippen molar-refractivity contribution in [3.63, 3.8) is 0 Å². The Balaban J connectivity index is 1.36. The molecule has 0 saturated carbocycles. The molecular weight excluding hydrogens is 466 g/mol. The average Bonchev–Trinajstić information content (AvgIpc) is 3.31. The van der Waals surface area contributed by atoms with Gasteiger partial charge in [-0.3, -0.25) is 0 Å². The van der Waals surface area contributed by atoms with Gasteiger partial charge in [-0.15, -0.1) is 0 Å². The molecule has 9 heteroatoms. The predicted molar refractivity (Wildman–Crippen MR) is 143 cm³/mol. The first-order valence-electron chi connectivity index (χ1n) is 13.0. The Morgan fingerprint density at radius 3 is 2.43 bits per heavy atom. The number of ether oxygens (including phenoxy) is 1. The number of amides is 1. The Morgan fingerprint density at radius 1 is 1.08 bits per heavy atom. The largest absolute Gasteiger partial charge is 0.444 e. The number of hydrogen-bond donors (Lipinski definition) is 0. The molecule has 2 saturated heterocycles. The number of rotatable bonds is 3. The Kier molecular flexibility index (Phi) is 6.78. The summed E-state index contributed by atoms with van der Waals surface area (Å²) in [7, 11) is 2.17. The van der Waals surface area contributed by atoms with Crippen molar-refractivity contribution < 1.29 is 9.53 Å². The predicted octanol–water partition coefficient (Wildman–Crippen LogP) is 4.13. The van der Waals surface area contributed by atoms with Gasteiger partial charge in [0.1, 0.15) is 17.5 Å². The molecule has 5 rings (SSSR count). The Hall–Kier alpha value is -3.64. The smallest absolute Gasteiger partial charge is 0.410 e. The lowest BCUT2D eigenvalue weighted by Crippen LogP contribution is -2.50. The highest BCUT2D eigenvalue weighted by molar-refractivity contribution is 5.84. The normalized spacial score (nSPS) is 17.7. The molecule has 0 spiro atoms. The van der Waals surface area contributed by atoms with Crippen LogP contribution in [-0.2, 0) is 4.74 Å². The van der Waals surface area contributed by atoms with E-state index in [9.17, 15) is 10.1 Å². The van der Waals surface area contributed by atoms with Gasteiger partial charge in [0.05, 0.1) is 17.3 Å². The molecule has 1 amide bonds. The molecule has 5 heterocycles. The number of nitriles is 1. The van der Waals surface area contributed by atoms with Crippen molar-refractivity contribution in [2.75, 3.05) is 51.2 Å². The maximum absolute atomic E-state index is 12.4. The number of likely N-dealkylation sites (tertiary alicyclic amines) is 1. The molecule has 0 atom stereocenters. The van der Waals surface area contributed by atoms with Gasteiger partial charge in [-0.25, -0.2) is 14.3 Å². The zero-order valence-electron chi connectivity index (χ0n) is 22.1. The van der Waals surface area contributed by atoms with Crippen LogP contribution in [0.25, 0.3) is 16.6 Å². The van der Waals surface area contributed by atoms with Gasteiger partial charge in [-0.2, -0.15) is 10.4 Å². The summed E-state index contributed by atoms with van der Waals surface area (Å²) < 4.78 is 7.36. The van der Waals surface area contributed by atoms with Crippen LogP contribution in [0.4, 0.5) is 10.6 Å². The molecule has 0 N–H and O–H groups in total. The first-order chi connectivity index (χ1) is 17.7. The zero-order chi connectivity index (χ0) is 26.2. The topological polar surface area (TPSA) is 90.0 Å². The van der Waals surface area contributed by atoms with Crippen LogP contribution in [0.2, 0.25) is 0 Å². The van der Waals surface area contributed by atoms with Crippen molar-refractivity contribution in [1.82, 2.24) is 24.4 Å². The maximum atomic E-state index is 12.4. The SMILES string of the molecule is CN1CCC(c2cc(-c3ccc(N4CCN(C(=O)OC(C)(C)C)CC4)nc3)c3c(C#N)cnn3c2)CC1. The van der Waals surface area contributed by atoms with Crippen LogP contribution < -0.4 is 4.90 Å². The van der Waals surface area contributed by atoms with Crippen molar-refractivity contribution in [2.45, 2.75) is 45.1 Å². The maximum Gasteiger partial charge on any atom is 0.410 e. The van der Waals surface area contributed by atoms with E-state index in [2.05, 4.69) is 46.3 Å². The number of fused-ring (bicyclic) bond motifs is 1. The second-order valence-corrected chi connectivity index (χ2v) is 11.1. The van der Waals surface area contributed by atoms with Gasteiger partial charge in [0.15, 0.2) is 0 Å². The van der Waals surface area contributed by atoms with E-state index in [0.29, 0.717) is 37.7 Å². The molecule has 2 fully saturated rings. The lowest BCUT2D eigenvalue weighted by atomic mass is 9.89. The first-order valence-corrected chi connectivity index (χ1v) is 13.0. The van der Waals surface area contributed by atoms with Crippen LogP contribution in [0.15, 0.2) is 36.8 Å². The van der Waals surface area contributed by atoms with Gasteiger partial charge in [0.25, 0.3) is 0 Å². The molecule has 3 aromatic heterocycles. The van der Waals surface area contributed by atoms with Gasteiger partial charge < -0.3 is 19.4 Å². The summed E-state index contributed by atoms with van der Waals surface area (Å²) in [6.07, 6.45) is 7.57. The van der Waals surface area contributed by atoms with Crippen LogP contribution >= 0.6 is 0 Å². The molecule has 0 radical (unpaired) electrons. The molecule has 194 valence electrons. The minimum absolute atomic E-state index is 0.266. The zero-order valence-corrected chi connectivity index (χ0v) is 22.1. The quantitative estimate of drug-likeness (QED) is 0.533. The molecule has 37 heavy (non-hydrogen) atoms. The number of aromatic nitrogens is 3. The molecule has 3 aromatic rings. The van der Waals surface area contributed by atoms with E-state index >= 15 is 0 Å².